The molecule has 1 aromatic heterocycles. The number of aromatic nitrogens is 4. The Hall–Kier alpha value is -2.89. The maximum Gasteiger partial charge on any atom is 0.190 e. The number of anilines is 1. The van der Waals surface area contributed by atoms with Crippen molar-refractivity contribution in [3.05, 3.63) is 48.5 Å². The number of methoxy groups -OCH3 is 1. The van der Waals surface area contributed by atoms with Gasteiger partial charge in [0, 0.05) is 11.8 Å². The molecule has 0 radical (unpaired) electrons. The average Bonchev–Trinajstić information content (AvgIpc) is 2.97. The van der Waals surface area contributed by atoms with E-state index in [4.69, 9.17) is 10.5 Å². The average molecular weight is 267 g/mol. The molecule has 0 bridgehead atoms. The van der Waals surface area contributed by atoms with Gasteiger partial charge in [0.05, 0.1) is 18.4 Å². The lowest BCUT2D eigenvalue weighted by Crippen LogP contribution is -2.01. The summed E-state index contributed by atoms with van der Waals surface area (Å²) in [6, 6.07) is 15.1. The van der Waals surface area contributed by atoms with Gasteiger partial charge in [-0.15, -0.1) is 5.10 Å². The van der Waals surface area contributed by atoms with Crippen LogP contribution in [0.4, 0.5) is 5.69 Å². The molecule has 0 saturated heterocycles. The van der Waals surface area contributed by atoms with Crippen molar-refractivity contribution < 1.29 is 4.74 Å². The van der Waals surface area contributed by atoms with Gasteiger partial charge < -0.3 is 10.5 Å². The van der Waals surface area contributed by atoms with Gasteiger partial charge in [0.15, 0.2) is 5.82 Å². The molecule has 0 aliphatic carbocycles. The first kappa shape index (κ1) is 12.2. The number of nitrogen functional groups attached to an aromatic ring is 1. The van der Waals surface area contributed by atoms with Crippen LogP contribution in [0.3, 0.4) is 0 Å². The van der Waals surface area contributed by atoms with Gasteiger partial charge in [-0.25, -0.2) is 0 Å². The second-order valence-electron chi connectivity index (χ2n) is 4.21. The molecule has 3 aromatic rings. The largest absolute Gasteiger partial charge is 0.496 e. The smallest absolute Gasteiger partial charge is 0.190 e. The van der Waals surface area contributed by atoms with E-state index < -0.39 is 0 Å². The summed E-state index contributed by atoms with van der Waals surface area (Å²) in [5, 5.41) is 11.9. The lowest BCUT2D eigenvalue weighted by Gasteiger charge is -2.09. The number of tetrazole rings is 1. The molecule has 1 heterocycles. The predicted octanol–water partition coefficient (Wildman–Crippen LogP) is 1.92. The fraction of sp³-hybridized carbons (Fsp3) is 0.0714. The highest BCUT2D eigenvalue weighted by Gasteiger charge is 2.15. The van der Waals surface area contributed by atoms with Crippen LogP contribution in [0.25, 0.3) is 17.1 Å². The number of benzene rings is 2. The maximum absolute atomic E-state index is 5.77. The van der Waals surface area contributed by atoms with Crippen LogP contribution in [0.15, 0.2) is 48.5 Å². The number of rotatable bonds is 3. The number of nitrogens with two attached hydrogens (primary N) is 1. The van der Waals surface area contributed by atoms with Crippen LogP contribution in [-0.4, -0.2) is 27.3 Å². The standard InChI is InChI=1S/C14H13N5O/c1-20-13-9-10(15)7-8-12(13)14-16-17-18-19(14)11-5-3-2-4-6-11/h2-9H,15H2,1H3. The summed E-state index contributed by atoms with van der Waals surface area (Å²) in [5.74, 6) is 1.24. The number of para-hydroxylation sites is 1. The minimum Gasteiger partial charge on any atom is -0.496 e. The van der Waals surface area contributed by atoms with Gasteiger partial charge in [-0.3, -0.25) is 0 Å². The minimum absolute atomic E-state index is 0.605. The zero-order valence-corrected chi connectivity index (χ0v) is 10.9. The SMILES string of the molecule is COc1cc(N)ccc1-c1nnnn1-c1ccccc1. The van der Waals surface area contributed by atoms with Crippen LogP contribution in [0.1, 0.15) is 0 Å². The maximum atomic E-state index is 5.77. The summed E-state index contributed by atoms with van der Waals surface area (Å²) in [7, 11) is 1.59. The molecule has 0 fully saturated rings. The first-order valence-electron chi connectivity index (χ1n) is 6.07. The summed E-state index contributed by atoms with van der Waals surface area (Å²) in [6.45, 7) is 0. The van der Waals surface area contributed by atoms with Crippen molar-refractivity contribution in [2.45, 2.75) is 0 Å². The Morgan fingerprint density at radius 2 is 1.90 bits per heavy atom. The summed E-state index contributed by atoms with van der Waals surface area (Å²) >= 11 is 0. The predicted molar refractivity (Wildman–Crippen MR) is 75.6 cm³/mol. The molecule has 2 N–H and O–H groups in total. The van der Waals surface area contributed by atoms with E-state index in [1.165, 1.54) is 0 Å². The van der Waals surface area contributed by atoms with Crippen molar-refractivity contribution in [1.29, 1.82) is 0 Å². The van der Waals surface area contributed by atoms with Gasteiger partial charge in [-0.1, -0.05) is 18.2 Å². The Bertz CT molecular complexity index is 723. The molecular formula is C14H13N5O. The van der Waals surface area contributed by atoms with Crippen molar-refractivity contribution in [2.75, 3.05) is 12.8 Å². The van der Waals surface area contributed by atoms with Crippen molar-refractivity contribution >= 4 is 5.69 Å². The zero-order valence-electron chi connectivity index (χ0n) is 10.9. The van der Waals surface area contributed by atoms with E-state index in [1.54, 1.807) is 23.9 Å². The van der Waals surface area contributed by atoms with E-state index in [9.17, 15) is 0 Å². The molecule has 6 nitrogen and oxygen atoms in total. The molecular weight excluding hydrogens is 254 g/mol. The molecule has 0 amide bonds. The van der Waals surface area contributed by atoms with Crippen molar-refractivity contribution in [3.8, 4) is 22.8 Å². The Labute approximate surface area is 115 Å². The third-order valence-electron chi connectivity index (χ3n) is 2.94. The first-order chi connectivity index (χ1) is 9.79. The van der Waals surface area contributed by atoms with Crippen molar-refractivity contribution in [1.82, 2.24) is 20.2 Å². The Morgan fingerprint density at radius 1 is 1.10 bits per heavy atom. The van der Waals surface area contributed by atoms with Crippen LogP contribution in [0.2, 0.25) is 0 Å². The first-order valence-corrected chi connectivity index (χ1v) is 6.07. The van der Waals surface area contributed by atoms with Gasteiger partial charge in [0.1, 0.15) is 5.75 Å². The highest BCUT2D eigenvalue weighted by Crippen LogP contribution is 2.30. The second-order valence-corrected chi connectivity index (χ2v) is 4.21. The number of hydrogen-bond donors (Lipinski definition) is 1. The molecule has 100 valence electrons. The fourth-order valence-corrected chi connectivity index (χ4v) is 1.99. The van der Waals surface area contributed by atoms with Gasteiger partial charge in [-0.05, 0) is 34.7 Å². The lowest BCUT2D eigenvalue weighted by molar-refractivity contribution is 0.416. The highest BCUT2D eigenvalue weighted by molar-refractivity contribution is 5.68. The van der Waals surface area contributed by atoms with E-state index in [-0.39, 0.29) is 0 Å². The van der Waals surface area contributed by atoms with E-state index in [1.807, 2.05) is 36.4 Å². The van der Waals surface area contributed by atoms with Gasteiger partial charge in [-0.2, -0.15) is 4.68 Å². The van der Waals surface area contributed by atoms with Crippen molar-refractivity contribution in [2.24, 2.45) is 0 Å². The normalized spacial score (nSPS) is 10.4. The third-order valence-corrected chi connectivity index (χ3v) is 2.94. The Morgan fingerprint density at radius 3 is 2.65 bits per heavy atom. The fourth-order valence-electron chi connectivity index (χ4n) is 1.99. The number of hydrogen-bond acceptors (Lipinski definition) is 5. The molecule has 0 aliphatic rings. The van der Waals surface area contributed by atoms with Crippen LogP contribution >= 0.6 is 0 Å². The second kappa shape index (κ2) is 5.00. The summed E-state index contributed by atoms with van der Waals surface area (Å²) in [5.41, 5.74) is 8.06. The molecule has 0 atom stereocenters. The van der Waals surface area contributed by atoms with E-state index in [0.717, 1.165) is 11.3 Å². The molecule has 3 rings (SSSR count). The molecule has 0 unspecified atom stereocenters. The monoisotopic (exact) mass is 267 g/mol. The quantitative estimate of drug-likeness (QED) is 0.733. The molecule has 0 saturated carbocycles. The Kier molecular flexibility index (Phi) is 3.04. The summed E-state index contributed by atoms with van der Waals surface area (Å²) in [6.07, 6.45) is 0. The summed E-state index contributed by atoms with van der Waals surface area (Å²) in [4.78, 5) is 0. The van der Waals surface area contributed by atoms with Crippen LogP contribution < -0.4 is 10.5 Å². The van der Waals surface area contributed by atoms with Gasteiger partial charge in [0.25, 0.3) is 0 Å². The van der Waals surface area contributed by atoms with Gasteiger partial charge >= 0.3 is 0 Å². The molecule has 0 aliphatic heterocycles. The zero-order chi connectivity index (χ0) is 13.9. The highest BCUT2D eigenvalue weighted by atomic mass is 16.5. The number of ether oxygens (including phenoxy) is 1. The van der Waals surface area contributed by atoms with E-state index in [0.29, 0.717) is 17.3 Å². The Balaban J connectivity index is 2.15. The van der Waals surface area contributed by atoms with Crippen LogP contribution in [-0.2, 0) is 0 Å². The third kappa shape index (κ3) is 2.07. The molecule has 2 aromatic carbocycles. The lowest BCUT2D eigenvalue weighted by atomic mass is 10.1. The topological polar surface area (TPSA) is 78.8 Å². The number of nitrogens with zero attached hydrogens (tertiary/aromatic N) is 4. The molecule has 0 spiro atoms. The van der Waals surface area contributed by atoms with E-state index in [2.05, 4.69) is 15.5 Å². The van der Waals surface area contributed by atoms with Crippen molar-refractivity contribution in [3.63, 3.8) is 0 Å². The minimum atomic E-state index is 0.605. The van der Waals surface area contributed by atoms with Crippen LogP contribution in [0.5, 0.6) is 5.75 Å². The van der Waals surface area contributed by atoms with E-state index >= 15 is 0 Å². The van der Waals surface area contributed by atoms with Gasteiger partial charge in [0.2, 0.25) is 0 Å². The summed E-state index contributed by atoms with van der Waals surface area (Å²) < 4.78 is 7.01. The molecule has 20 heavy (non-hydrogen) atoms. The van der Waals surface area contributed by atoms with Crippen LogP contribution in [0, 0.1) is 0 Å². The molecule has 6 heteroatoms.